The minimum Gasteiger partial charge on any atom is -0.507 e. The van der Waals surface area contributed by atoms with E-state index in [2.05, 4.69) is 22.5 Å². The number of aliphatic hydroxyl groups is 1. The number of alkyl carbamates (subject to hydrolysis) is 1. The second-order valence-electron chi connectivity index (χ2n) is 11.4. The molecule has 3 unspecified atom stereocenters. The first-order valence-corrected chi connectivity index (χ1v) is 12.8. The number of aliphatic hydroxyl groups excluding tert-OH is 1. The molecule has 0 radical (unpaired) electrons. The van der Waals surface area contributed by atoms with Gasteiger partial charge < -0.3 is 25.2 Å². The molecule has 1 saturated heterocycles. The van der Waals surface area contributed by atoms with Crippen LogP contribution in [-0.4, -0.2) is 52.6 Å². The summed E-state index contributed by atoms with van der Waals surface area (Å²) in [6.45, 7) is 10.9. The van der Waals surface area contributed by atoms with E-state index in [4.69, 9.17) is 9.47 Å². The zero-order valence-corrected chi connectivity index (χ0v) is 22.7. The summed E-state index contributed by atoms with van der Waals surface area (Å²) in [6.07, 6.45) is 6.81. The number of hydrogen-bond acceptors (Lipinski definition) is 7. The summed E-state index contributed by atoms with van der Waals surface area (Å²) in [5.41, 5.74) is -1.44. The highest BCUT2D eigenvalue weighted by Gasteiger charge is 2.37. The van der Waals surface area contributed by atoms with Crippen LogP contribution in [0, 0.1) is 23.7 Å². The first-order valence-electron chi connectivity index (χ1n) is 12.8. The molecule has 2 fully saturated rings. The van der Waals surface area contributed by atoms with Crippen LogP contribution in [0.5, 0.6) is 0 Å². The van der Waals surface area contributed by atoms with E-state index in [1.165, 1.54) is 6.08 Å². The summed E-state index contributed by atoms with van der Waals surface area (Å²) in [7, 11) is 0. The summed E-state index contributed by atoms with van der Waals surface area (Å²) in [4.78, 5) is 48.6. The Kier molecular flexibility index (Phi) is 10.4. The molecule has 2 aliphatic rings. The number of carbonyl (C=O) groups excluding carboxylic acids is 4. The quantitative estimate of drug-likeness (QED) is 0.0890. The van der Waals surface area contributed by atoms with Crippen LogP contribution in [0.1, 0.15) is 80.1 Å². The third-order valence-corrected chi connectivity index (χ3v) is 5.86. The van der Waals surface area contributed by atoms with Crippen LogP contribution in [-0.2, 0) is 23.9 Å². The Labute approximate surface area is 219 Å². The van der Waals surface area contributed by atoms with E-state index >= 15 is 0 Å². The first-order chi connectivity index (χ1) is 17.2. The average Bonchev–Trinajstić information content (AvgIpc) is 3.30. The van der Waals surface area contributed by atoms with E-state index in [9.17, 15) is 24.3 Å². The van der Waals surface area contributed by atoms with Gasteiger partial charge in [0.1, 0.15) is 22.5 Å². The summed E-state index contributed by atoms with van der Waals surface area (Å²) in [5.74, 6) is 3.77. The fraction of sp³-hybridized carbons (Fsp3) is 0.643. The number of hydrogen-bond donors (Lipinski definition) is 3. The molecular weight excluding hydrogens is 476 g/mol. The first kappa shape index (κ1) is 29.9. The Morgan fingerprint density at radius 3 is 2.43 bits per heavy atom. The van der Waals surface area contributed by atoms with Gasteiger partial charge in [-0.05, 0) is 85.1 Å². The second-order valence-corrected chi connectivity index (χ2v) is 11.4. The van der Waals surface area contributed by atoms with Crippen molar-refractivity contribution >= 4 is 23.8 Å². The monoisotopic (exact) mass is 516 g/mol. The van der Waals surface area contributed by atoms with E-state index in [0.29, 0.717) is 25.8 Å². The lowest BCUT2D eigenvalue weighted by molar-refractivity contribution is -0.147. The molecule has 2 amide bonds. The van der Waals surface area contributed by atoms with E-state index < -0.39 is 41.0 Å². The van der Waals surface area contributed by atoms with E-state index in [1.54, 1.807) is 41.5 Å². The second kappa shape index (κ2) is 12.8. The lowest BCUT2D eigenvalue weighted by Gasteiger charge is -2.19. The van der Waals surface area contributed by atoms with Crippen molar-refractivity contribution in [2.75, 3.05) is 6.54 Å². The summed E-state index contributed by atoms with van der Waals surface area (Å²) in [5, 5.41) is 15.7. The highest BCUT2D eigenvalue weighted by molar-refractivity contribution is 6.27. The largest absolute Gasteiger partial charge is 0.507 e. The predicted molar refractivity (Wildman–Crippen MR) is 138 cm³/mol. The topological polar surface area (TPSA) is 131 Å². The molecule has 0 aromatic rings. The maximum atomic E-state index is 12.7. The van der Waals surface area contributed by atoms with Crippen LogP contribution in [0.25, 0.3) is 0 Å². The van der Waals surface area contributed by atoms with E-state index in [-0.39, 0.29) is 23.2 Å². The lowest BCUT2D eigenvalue weighted by atomic mass is 9.92. The fourth-order valence-electron chi connectivity index (χ4n) is 4.27. The van der Waals surface area contributed by atoms with Crippen molar-refractivity contribution in [1.29, 1.82) is 0 Å². The summed E-state index contributed by atoms with van der Waals surface area (Å²) in [6, 6.07) is -0.749. The standard InChI is InChI=1S/C28H40N2O7/c1-27(2,3)36-22(32)14-8-12-18-10-7-11-19(18)15-16-21(31)23-24(33)20(30-25(23)34)13-9-17-29-26(35)37-28(4,5)6/h15-16,18-20,31H,7,9-13,17H2,1-6H3,(H,29,35)(H,30,34)/b16-15?,23-21-. The minimum atomic E-state index is -0.749. The number of esters is 1. The van der Waals surface area contributed by atoms with Gasteiger partial charge in [0.05, 0.1) is 6.04 Å². The van der Waals surface area contributed by atoms with Gasteiger partial charge in [0.2, 0.25) is 0 Å². The normalized spacial score (nSPS) is 23.4. The van der Waals surface area contributed by atoms with Gasteiger partial charge in [0, 0.05) is 18.9 Å². The molecule has 3 N–H and O–H groups in total. The third-order valence-electron chi connectivity index (χ3n) is 5.86. The van der Waals surface area contributed by atoms with Gasteiger partial charge in [-0.25, -0.2) is 9.59 Å². The molecule has 9 heteroatoms. The van der Waals surface area contributed by atoms with Crippen LogP contribution < -0.4 is 10.6 Å². The molecule has 1 aliphatic heterocycles. The van der Waals surface area contributed by atoms with Crippen LogP contribution in [0.15, 0.2) is 23.5 Å². The number of amides is 2. The zero-order valence-electron chi connectivity index (χ0n) is 22.7. The van der Waals surface area contributed by atoms with Crippen molar-refractivity contribution in [1.82, 2.24) is 10.6 Å². The van der Waals surface area contributed by atoms with Gasteiger partial charge in [0.15, 0.2) is 5.78 Å². The van der Waals surface area contributed by atoms with Gasteiger partial charge in [0.25, 0.3) is 5.91 Å². The Bertz CT molecular complexity index is 1000. The van der Waals surface area contributed by atoms with Crippen LogP contribution in [0.4, 0.5) is 4.79 Å². The fourth-order valence-corrected chi connectivity index (χ4v) is 4.27. The highest BCUT2D eigenvalue weighted by Crippen LogP contribution is 2.35. The molecule has 2 rings (SSSR count). The number of nitrogens with one attached hydrogen (secondary N) is 2. The molecule has 37 heavy (non-hydrogen) atoms. The Hall–Kier alpha value is -3.28. The van der Waals surface area contributed by atoms with Crippen molar-refractivity contribution < 1.29 is 33.8 Å². The Morgan fingerprint density at radius 2 is 1.78 bits per heavy atom. The van der Waals surface area contributed by atoms with Crippen LogP contribution >= 0.6 is 0 Å². The average molecular weight is 517 g/mol. The Balaban J connectivity index is 1.90. The Morgan fingerprint density at radius 1 is 1.11 bits per heavy atom. The molecular formula is C28H40N2O7. The van der Waals surface area contributed by atoms with Crippen LogP contribution in [0.2, 0.25) is 0 Å². The molecule has 3 atom stereocenters. The van der Waals surface area contributed by atoms with Crippen LogP contribution in [0.3, 0.4) is 0 Å². The van der Waals surface area contributed by atoms with Gasteiger partial charge in [-0.3, -0.25) is 9.59 Å². The van der Waals surface area contributed by atoms with E-state index in [0.717, 1.165) is 19.3 Å². The molecule has 0 aromatic carbocycles. The number of Topliss-reactive ketones (excluding diaryl/α,β-unsaturated/α-hetero) is 1. The molecule has 1 heterocycles. The summed E-state index contributed by atoms with van der Waals surface area (Å²) >= 11 is 0. The maximum Gasteiger partial charge on any atom is 0.407 e. The molecule has 0 aromatic heterocycles. The van der Waals surface area contributed by atoms with E-state index in [1.807, 2.05) is 6.08 Å². The number of allylic oxidation sites excluding steroid dienone is 2. The van der Waals surface area contributed by atoms with Gasteiger partial charge in [-0.15, -0.1) is 0 Å². The zero-order chi connectivity index (χ0) is 27.8. The lowest BCUT2D eigenvalue weighted by Crippen LogP contribution is -2.34. The van der Waals surface area contributed by atoms with Gasteiger partial charge in [-0.2, -0.15) is 0 Å². The minimum absolute atomic E-state index is 0.116. The van der Waals surface area contributed by atoms with Crippen molar-refractivity contribution in [3.05, 3.63) is 23.5 Å². The molecule has 0 bridgehead atoms. The molecule has 1 saturated carbocycles. The van der Waals surface area contributed by atoms with Gasteiger partial charge >= 0.3 is 12.1 Å². The van der Waals surface area contributed by atoms with Crippen molar-refractivity contribution in [2.24, 2.45) is 11.8 Å². The smallest absolute Gasteiger partial charge is 0.407 e. The number of carbonyl (C=O) groups is 4. The molecule has 9 nitrogen and oxygen atoms in total. The van der Waals surface area contributed by atoms with Crippen molar-refractivity contribution in [3.63, 3.8) is 0 Å². The predicted octanol–water partition coefficient (Wildman–Crippen LogP) is 3.88. The number of ether oxygens (including phenoxy) is 2. The van der Waals surface area contributed by atoms with Gasteiger partial charge in [-0.1, -0.05) is 18.4 Å². The van der Waals surface area contributed by atoms with Crippen molar-refractivity contribution in [3.8, 4) is 11.8 Å². The number of ketones is 1. The maximum absolute atomic E-state index is 12.7. The van der Waals surface area contributed by atoms with Crippen molar-refractivity contribution in [2.45, 2.75) is 97.3 Å². The number of rotatable bonds is 7. The third kappa shape index (κ3) is 10.3. The summed E-state index contributed by atoms with van der Waals surface area (Å²) < 4.78 is 10.4. The SMILES string of the molecule is CC(C)(C)OC(=O)C#CCC1CCCC1C=C/C(O)=C1/C(=O)NC(CCCNC(=O)OC(C)(C)C)C1=O. The molecule has 0 spiro atoms. The molecule has 1 aliphatic carbocycles. The molecule has 204 valence electrons. The highest BCUT2D eigenvalue weighted by atomic mass is 16.6.